The van der Waals surface area contributed by atoms with Gasteiger partial charge < -0.3 is 10.1 Å². The average Bonchev–Trinajstić information content (AvgIpc) is 2.17. The van der Waals surface area contributed by atoms with Gasteiger partial charge in [-0.2, -0.15) is 0 Å². The molecule has 0 radical (unpaired) electrons. The fraction of sp³-hybridized carbons (Fsp3) is 1.00. The predicted molar refractivity (Wildman–Crippen MR) is 69.7 cm³/mol. The molecule has 96 valence electrons. The van der Waals surface area contributed by atoms with Crippen LogP contribution < -0.4 is 5.32 Å². The van der Waals surface area contributed by atoms with Gasteiger partial charge in [0.15, 0.2) is 0 Å². The Balaban J connectivity index is 2.21. The first-order valence-corrected chi connectivity index (χ1v) is 6.81. The lowest BCUT2D eigenvalue weighted by molar-refractivity contribution is 0.0501. The van der Waals surface area contributed by atoms with Crippen LogP contribution >= 0.6 is 0 Å². The standard InChI is InChI=1S/C14H29NO/c1-12(2)15-8-7-14(3,4)11-13-5-9-16-10-6-13/h12-13,15H,5-11H2,1-4H3. The van der Waals surface area contributed by atoms with Gasteiger partial charge in [0, 0.05) is 19.3 Å². The molecule has 0 spiro atoms. The van der Waals surface area contributed by atoms with Crippen molar-refractivity contribution in [3.05, 3.63) is 0 Å². The third kappa shape index (κ3) is 5.86. The molecule has 0 bridgehead atoms. The molecule has 0 saturated carbocycles. The topological polar surface area (TPSA) is 21.3 Å². The zero-order valence-corrected chi connectivity index (χ0v) is 11.5. The molecule has 0 aromatic rings. The molecule has 0 amide bonds. The highest BCUT2D eigenvalue weighted by Gasteiger charge is 2.24. The molecule has 2 heteroatoms. The second kappa shape index (κ2) is 6.61. The number of hydrogen-bond donors (Lipinski definition) is 1. The van der Waals surface area contributed by atoms with E-state index in [0.717, 1.165) is 25.7 Å². The van der Waals surface area contributed by atoms with Gasteiger partial charge in [-0.1, -0.05) is 27.7 Å². The van der Waals surface area contributed by atoms with Crippen LogP contribution in [0.2, 0.25) is 0 Å². The quantitative estimate of drug-likeness (QED) is 0.752. The van der Waals surface area contributed by atoms with Gasteiger partial charge in [-0.3, -0.25) is 0 Å². The van der Waals surface area contributed by atoms with Crippen LogP contribution in [0.1, 0.15) is 53.4 Å². The summed E-state index contributed by atoms with van der Waals surface area (Å²) in [5, 5.41) is 3.51. The minimum absolute atomic E-state index is 0.476. The maximum absolute atomic E-state index is 5.41. The average molecular weight is 227 g/mol. The molecule has 1 aliphatic rings. The first-order valence-electron chi connectivity index (χ1n) is 6.81. The van der Waals surface area contributed by atoms with Gasteiger partial charge in [-0.05, 0) is 43.6 Å². The first kappa shape index (κ1) is 14.0. The van der Waals surface area contributed by atoms with Gasteiger partial charge in [-0.25, -0.2) is 0 Å². The molecule has 0 atom stereocenters. The Hall–Kier alpha value is -0.0800. The van der Waals surface area contributed by atoms with E-state index >= 15 is 0 Å². The van der Waals surface area contributed by atoms with E-state index in [4.69, 9.17) is 4.74 Å². The summed E-state index contributed by atoms with van der Waals surface area (Å²) in [5.41, 5.74) is 0.476. The summed E-state index contributed by atoms with van der Waals surface area (Å²) in [4.78, 5) is 0. The molecule has 1 saturated heterocycles. The lowest BCUT2D eigenvalue weighted by atomic mass is 9.77. The zero-order chi connectivity index (χ0) is 12.0. The van der Waals surface area contributed by atoms with Crippen LogP contribution in [0.25, 0.3) is 0 Å². The lowest BCUT2D eigenvalue weighted by Crippen LogP contribution is -2.29. The highest BCUT2D eigenvalue weighted by Crippen LogP contribution is 2.33. The minimum Gasteiger partial charge on any atom is -0.381 e. The van der Waals surface area contributed by atoms with Crippen LogP contribution in [0.15, 0.2) is 0 Å². The number of hydrogen-bond acceptors (Lipinski definition) is 2. The number of ether oxygens (including phenoxy) is 1. The summed E-state index contributed by atoms with van der Waals surface area (Å²) in [6.07, 6.45) is 5.17. The van der Waals surface area contributed by atoms with Gasteiger partial charge in [0.2, 0.25) is 0 Å². The fourth-order valence-corrected chi connectivity index (χ4v) is 2.53. The summed E-state index contributed by atoms with van der Waals surface area (Å²) in [5.74, 6) is 0.891. The van der Waals surface area contributed by atoms with E-state index in [0.29, 0.717) is 11.5 Å². The Kier molecular flexibility index (Phi) is 5.77. The van der Waals surface area contributed by atoms with Gasteiger partial charge in [0.1, 0.15) is 0 Å². The van der Waals surface area contributed by atoms with Crippen molar-refractivity contribution >= 4 is 0 Å². The van der Waals surface area contributed by atoms with E-state index in [1.54, 1.807) is 0 Å². The van der Waals surface area contributed by atoms with Crippen LogP contribution in [0, 0.1) is 11.3 Å². The monoisotopic (exact) mass is 227 g/mol. The highest BCUT2D eigenvalue weighted by atomic mass is 16.5. The highest BCUT2D eigenvalue weighted by molar-refractivity contribution is 4.76. The van der Waals surface area contributed by atoms with Crippen molar-refractivity contribution in [1.82, 2.24) is 5.32 Å². The molecule has 0 aliphatic carbocycles. The largest absolute Gasteiger partial charge is 0.381 e. The van der Waals surface area contributed by atoms with Crippen molar-refractivity contribution in [3.63, 3.8) is 0 Å². The first-order chi connectivity index (χ1) is 7.49. The maximum atomic E-state index is 5.41. The molecule has 0 aromatic heterocycles. The maximum Gasteiger partial charge on any atom is 0.0468 e. The van der Waals surface area contributed by atoms with E-state index in [-0.39, 0.29) is 0 Å². The molecule has 0 aromatic carbocycles. The van der Waals surface area contributed by atoms with Gasteiger partial charge in [0.25, 0.3) is 0 Å². The number of nitrogens with one attached hydrogen (secondary N) is 1. The van der Waals surface area contributed by atoms with Crippen LogP contribution in [-0.4, -0.2) is 25.8 Å². The second-order valence-electron chi connectivity index (χ2n) is 6.28. The predicted octanol–water partition coefficient (Wildman–Crippen LogP) is 3.22. The summed E-state index contributed by atoms with van der Waals surface area (Å²) in [6.45, 7) is 12.3. The normalized spacial score (nSPS) is 19.3. The van der Waals surface area contributed by atoms with Crippen molar-refractivity contribution in [2.24, 2.45) is 11.3 Å². The Morgan fingerprint density at radius 3 is 2.44 bits per heavy atom. The molecule has 1 N–H and O–H groups in total. The number of rotatable bonds is 6. The van der Waals surface area contributed by atoms with Crippen molar-refractivity contribution < 1.29 is 4.74 Å². The van der Waals surface area contributed by atoms with Crippen LogP contribution in [0.3, 0.4) is 0 Å². The summed E-state index contributed by atoms with van der Waals surface area (Å²) >= 11 is 0. The molecular weight excluding hydrogens is 198 g/mol. The molecule has 1 aliphatic heterocycles. The molecule has 1 heterocycles. The molecular formula is C14H29NO. The Morgan fingerprint density at radius 2 is 1.88 bits per heavy atom. The van der Waals surface area contributed by atoms with Crippen LogP contribution in [0.4, 0.5) is 0 Å². The van der Waals surface area contributed by atoms with E-state index < -0.39 is 0 Å². The third-order valence-corrected chi connectivity index (χ3v) is 3.54. The molecule has 0 unspecified atom stereocenters. The Labute approximate surface area is 101 Å². The molecule has 16 heavy (non-hydrogen) atoms. The molecule has 2 nitrogen and oxygen atoms in total. The Bertz CT molecular complexity index is 183. The summed E-state index contributed by atoms with van der Waals surface area (Å²) < 4.78 is 5.41. The van der Waals surface area contributed by atoms with Crippen molar-refractivity contribution in [2.45, 2.75) is 59.4 Å². The van der Waals surface area contributed by atoms with E-state index in [1.807, 2.05) is 0 Å². The van der Waals surface area contributed by atoms with Crippen molar-refractivity contribution in [3.8, 4) is 0 Å². The smallest absolute Gasteiger partial charge is 0.0468 e. The van der Waals surface area contributed by atoms with Crippen molar-refractivity contribution in [1.29, 1.82) is 0 Å². The second-order valence-corrected chi connectivity index (χ2v) is 6.28. The van der Waals surface area contributed by atoms with Crippen LogP contribution in [-0.2, 0) is 4.74 Å². The third-order valence-electron chi connectivity index (χ3n) is 3.54. The minimum atomic E-state index is 0.476. The van der Waals surface area contributed by atoms with Gasteiger partial charge in [-0.15, -0.1) is 0 Å². The van der Waals surface area contributed by atoms with Crippen LogP contribution in [0.5, 0.6) is 0 Å². The van der Waals surface area contributed by atoms with E-state index in [1.165, 1.54) is 25.7 Å². The SMILES string of the molecule is CC(C)NCCC(C)(C)CC1CCOCC1. The van der Waals surface area contributed by atoms with Crippen molar-refractivity contribution in [2.75, 3.05) is 19.8 Å². The molecule has 1 fully saturated rings. The fourth-order valence-electron chi connectivity index (χ4n) is 2.53. The summed E-state index contributed by atoms with van der Waals surface area (Å²) in [6, 6.07) is 0.610. The Morgan fingerprint density at radius 1 is 1.25 bits per heavy atom. The van der Waals surface area contributed by atoms with Gasteiger partial charge >= 0.3 is 0 Å². The molecule has 1 rings (SSSR count). The lowest BCUT2D eigenvalue weighted by Gasteiger charge is -2.32. The van der Waals surface area contributed by atoms with E-state index in [9.17, 15) is 0 Å². The van der Waals surface area contributed by atoms with E-state index in [2.05, 4.69) is 33.0 Å². The zero-order valence-electron chi connectivity index (χ0n) is 11.5. The summed E-state index contributed by atoms with van der Waals surface area (Å²) in [7, 11) is 0. The van der Waals surface area contributed by atoms with Gasteiger partial charge in [0.05, 0.1) is 0 Å².